The van der Waals surface area contributed by atoms with E-state index in [9.17, 15) is 9.59 Å². The highest BCUT2D eigenvalue weighted by Crippen LogP contribution is 2.28. The van der Waals surface area contributed by atoms with Crippen LogP contribution >= 0.6 is 12.6 Å². The fourth-order valence-electron chi connectivity index (χ4n) is 1.21. The van der Waals surface area contributed by atoms with Crippen LogP contribution in [0.3, 0.4) is 0 Å². The van der Waals surface area contributed by atoms with E-state index in [1.165, 1.54) is 4.90 Å². The Morgan fingerprint density at radius 2 is 1.85 bits per heavy atom. The predicted molar refractivity (Wildman–Crippen MR) is 50.8 cm³/mol. The van der Waals surface area contributed by atoms with Gasteiger partial charge in [-0.1, -0.05) is 12.6 Å². The highest BCUT2D eigenvalue weighted by Gasteiger charge is 2.37. The average molecular weight is 200 g/mol. The van der Waals surface area contributed by atoms with Crippen LogP contribution in [0.15, 0.2) is 0 Å². The Morgan fingerprint density at radius 3 is 2.23 bits per heavy atom. The minimum absolute atomic E-state index is 0.101. The zero-order valence-corrected chi connectivity index (χ0v) is 8.09. The summed E-state index contributed by atoms with van der Waals surface area (Å²) in [5.41, 5.74) is 0. The van der Waals surface area contributed by atoms with Crippen molar-refractivity contribution in [2.75, 3.05) is 0 Å². The second-order valence-corrected chi connectivity index (χ2v) is 3.99. The van der Waals surface area contributed by atoms with Crippen molar-refractivity contribution < 1.29 is 9.59 Å². The fourth-order valence-corrected chi connectivity index (χ4v) is 1.47. The summed E-state index contributed by atoms with van der Waals surface area (Å²) in [6.45, 7) is 0. The van der Waals surface area contributed by atoms with Gasteiger partial charge in [0.25, 0.3) is 5.24 Å². The molecule has 0 bridgehead atoms. The number of imide groups is 1. The molecule has 0 radical (unpaired) electrons. The molecule has 72 valence electrons. The fraction of sp³-hybridized carbons (Fsp3) is 0.750. The second-order valence-electron chi connectivity index (χ2n) is 3.61. The van der Waals surface area contributed by atoms with Crippen LogP contribution in [0.2, 0.25) is 0 Å². The Hall–Kier alpha value is -0.710. The topological polar surface area (TPSA) is 49.4 Å². The molecular formula is C8H12N2O2S. The first-order valence-corrected chi connectivity index (χ1v) is 4.96. The summed E-state index contributed by atoms with van der Waals surface area (Å²) in [6, 6.07) is 0.121. The number of carbonyl (C=O) groups excluding carboxylic acids is 2. The van der Waals surface area contributed by atoms with Crippen LogP contribution in [0.25, 0.3) is 0 Å². The van der Waals surface area contributed by atoms with E-state index in [0.29, 0.717) is 6.04 Å². The molecule has 1 N–H and O–H groups in total. The van der Waals surface area contributed by atoms with E-state index < -0.39 is 5.24 Å². The molecule has 5 heteroatoms. The van der Waals surface area contributed by atoms with Gasteiger partial charge in [-0.15, -0.1) is 0 Å². The number of hydrogen-bond acceptors (Lipinski definition) is 2. The van der Waals surface area contributed by atoms with E-state index in [0.717, 1.165) is 25.7 Å². The molecule has 0 spiro atoms. The highest BCUT2D eigenvalue weighted by atomic mass is 32.1. The Kier molecular flexibility index (Phi) is 2.19. The number of rotatable bonds is 2. The lowest BCUT2D eigenvalue weighted by Crippen LogP contribution is -2.43. The van der Waals surface area contributed by atoms with Crippen molar-refractivity contribution in [3.8, 4) is 0 Å². The molecule has 2 saturated carbocycles. The van der Waals surface area contributed by atoms with Gasteiger partial charge in [0.15, 0.2) is 0 Å². The van der Waals surface area contributed by atoms with E-state index in [1.807, 2.05) is 0 Å². The lowest BCUT2D eigenvalue weighted by atomic mass is 10.5. The van der Waals surface area contributed by atoms with Crippen LogP contribution in [-0.2, 0) is 0 Å². The molecule has 4 nitrogen and oxygen atoms in total. The summed E-state index contributed by atoms with van der Waals surface area (Å²) < 4.78 is 0. The molecule has 13 heavy (non-hydrogen) atoms. The standard InChI is InChI=1S/C8H12N2O2S/c11-7(9-5-1-2-5)10(8(12)13)6-3-4-6/h5-6H,1-4H2,(H,9,11)(H,12,13). The monoisotopic (exact) mass is 200 g/mol. The largest absolute Gasteiger partial charge is 0.335 e. The van der Waals surface area contributed by atoms with Crippen LogP contribution in [0.5, 0.6) is 0 Å². The Bertz CT molecular complexity index is 249. The third kappa shape index (κ3) is 2.15. The van der Waals surface area contributed by atoms with Gasteiger partial charge in [0.05, 0.1) is 0 Å². The molecule has 0 aromatic rings. The minimum atomic E-state index is -0.444. The van der Waals surface area contributed by atoms with Crippen LogP contribution in [-0.4, -0.2) is 28.3 Å². The number of nitrogens with one attached hydrogen (secondary N) is 1. The molecule has 2 aliphatic carbocycles. The van der Waals surface area contributed by atoms with E-state index in [-0.39, 0.29) is 12.1 Å². The number of nitrogens with zero attached hydrogens (tertiary/aromatic N) is 1. The first-order chi connectivity index (χ1) is 6.18. The summed E-state index contributed by atoms with van der Waals surface area (Å²) in [6.07, 6.45) is 3.91. The predicted octanol–water partition coefficient (Wildman–Crippen LogP) is 1.37. The van der Waals surface area contributed by atoms with E-state index in [4.69, 9.17) is 0 Å². The van der Waals surface area contributed by atoms with Gasteiger partial charge in [-0.2, -0.15) is 0 Å². The van der Waals surface area contributed by atoms with Gasteiger partial charge in [0, 0.05) is 12.1 Å². The Morgan fingerprint density at radius 1 is 1.23 bits per heavy atom. The Balaban J connectivity index is 1.92. The molecule has 0 heterocycles. The molecule has 3 amide bonds. The number of carbonyl (C=O) groups is 2. The molecule has 0 atom stereocenters. The average Bonchev–Trinajstić information content (AvgIpc) is 2.77. The molecule has 0 aromatic heterocycles. The molecule has 2 fully saturated rings. The third-order valence-corrected chi connectivity index (χ3v) is 2.46. The normalized spacial score (nSPS) is 21.0. The zero-order chi connectivity index (χ0) is 9.42. The van der Waals surface area contributed by atoms with Gasteiger partial charge in [-0.05, 0) is 25.7 Å². The molecule has 0 aromatic carbocycles. The summed E-state index contributed by atoms with van der Waals surface area (Å²) in [5.74, 6) is 0. The lowest BCUT2D eigenvalue weighted by molar-refractivity contribution is 0.197. The van der Waals surface area contributed by atoms with E-state index in [2.05, 4.69) is 17.9 Å². The maximum atomic E-state index is 11.5. The lowest BCUT2D eigenvalue weighted by Gasteiger charge is -2.17. The van der Waals surface area contributed by atoms with Crippen molar-refractivity contribution in [3.05, 3.63) is 0 Å². The van der Waals surface area contributed by atoms with Crippen molar-refractivity contribution in [3.63, 3.8) is 0 Å². The highest BCUT2D eigenvalue weighted by molar-refractivity contribution is 7.96. The first-order valence-electron chi connectivity index (χ1n) is 4.51. The quantitative estimate of drug-likeness (QED) is 0.661. The minimum Gasteiger partial charge on any atom is -0.335 e. The van der Waals surface area contributed by atoms with Gasteiger partial charge in [0.2, 0.25) is 0 Å². The van der Waals surface area contributed by atoms with Gasteiger partial charge in [-0.25, -0.2) is 4.79 Å². The van der Waals surface area contributed by atoms with Gasteiger partial charge in [-0.3, -0.25) is 9.69 Å². The molecular weight excluding hydrogens is 188 g/mol. The third-order valence-electron chi connectivity index (χ3n) is 2.24. The summed E-state index contributed by atoms with van der Waals surface area (Å²) in [7, 11) is 0. The van der Waals surface area contributed by atoms with Crippen LogP contribution in [0, 0.1) is 0 Å². The first kappa shape index (κ1) is 8.87. The van der Waals surface area contributed by atoms with Crippen molar-refractivity contribution in [2.45, 2.75) is 37.8 Å². The molecule has 2 rings (SSSR count). The number of urea groups is 1. The van der Waals surface area contributed by atoms with E-state index >= 15 is 0 Å². The van der Waals surface area contributed by atoms with Gasteiger partial charge >= 0.3 is 6.03 Å². The summed E-state index contributed by atoms with van der Waals surface area (Å²) in [4.78, 5) is 23.7. The maximum Gasteiger partial charge on any atom is 0.325 e. The van der Waals surface area contributed by atoms with Crippen molar-refractivity contribution >= 4 is 23.9 Å². The van der Waals surface area contributed by atoms with E-state index in [1.54, 1.807) is 0 Å². The SMILES string of the molecule is O=C(S)N(C(=O)NC1CC1)C1CC1. The van der Waals surface area contributed by atoms with Gasteiger partial charge < -0.3 is 5.32 Å². The molecule has 0 saturated heterocycles. The summed E-state index contributed by atoms with van der Waals surface area (Å²) in [5, 5.41) is 2.33. The molecule has 0 unspecified atom stereocenters. The summed E-state index contributed by atoms with van der Waals surface area (Å²) >= 11 is 3.68. The Labute approximate surface area is 82.1 Å². The van der Waals surface area contributed by atoms with Crippen LogP contribution in [0.4, 0.5) is 9.59 Å². The van der Waals surface area contributed by atoms with Gasteiger partial charge in [0.1, 0.15) is 0 Å². The van der Waals surface area contributed by atoms with Crippen molar-refractivity contribution in [1.29, 1.82) is 0 Å². The maximum absolute atomic E-state index is 11.5. The van der Waals surface area contributed by atoms with Crippen LogP contribution in [0.1, 0.15) is 25.7 Å². The van der Waals surface area contributed by atoms with Crippen molar-refractivity contribution in [2.24, 2.45) is 0 Å². The number of thiol groups is 1. The molecule has 0 aliphatic heterocycles. The zero-order valence-electron chi connectivity index (χ0n) is 7.19. The smallest absolute Gasteiger partial charge is 0.325 e. The van der Waals surface area contributed by atoms with Crippen LogP contribution < -0.4 is 5.32 Å². The number of amides is 3. The molecule has 2 aliphatic rings. The second kappa shape index (κ2) is 3.21. The van der Waals surface area contributed by atoms with Crippen molar-refractivity contribution in [1.82, 2.24) is 10.2 Å². The number of hydrogen-bond donors (Lipinski definition) is 2.